The minimum Gasteiger partial charge on any atom is -0.457 e. The van der Waals surface area contributed by atoms with Gasteiger partial charge in [-0.05, 0) is 77.0 Å². The molecule has 1 aliphatic heterocycles. The topological polar surface area (TPSA) is 135 Å². The second-order valence-corrected chi connectivity index (χ2v) is 17.6. The van der Waals surface area contributed by atoms with Crippen LogP contribution in [-0.2, 0) is 23.7 Å². The Morgan fingerprint density at radius 3 is 1.45 bits per heavy atom. The molecule has 0 radical (unpaired) electrons. The van der Waals surface area contributed by atoms with Gasteiger partial charge in [-0.1, -0.05) is 196 Å². The third-order valence-electron chi connectivity index (χ3n) is 11.6. The third kappa shape index (κ3) is 35.8. The zero-order valence-corrected chi connectivity index (χ0v) is 40.8. The van der Waals surface area contributed by atoms with Crippen molar-refractivity contribution in [1.82, 2.24) is 0 Å². The van der Waals surface area contributed by atoms with Gasteiger partial charge >= 0.3 is 5.97 Å². The summed E-state index contributed by atoms with van der Waals surface area (Å²) in [6.45, 7) is 4.38. The highest BCUT2D eigenvalue weighted by atomic mass is 16.7. The number of carbonyl (C=O) groups excluding carboxylic acids is 1. The van der Waals surface area contributed by atoms with Gasteiger partial charge in [0.25, 0.3) is 0 Å². The average molecular weight is 901 g/mol. The summed E-state index contributed by atoms with van der Waals surface area (Å²) in [6.07, 6.45) is 53.8. The molecule has 0 aromatic heterocycles. The van der Waals surface area contributed by atoms with Crippen LogP contribution in [0.2, 0.25) is 0 Å². The van der Waals surface area contributed by atoms with Crippen LogP contribution in [0.4, 0.5) is 0 Å². The summed E-state index contributed by atoms with van der Waals surface area (Å²) >= 11 is 0. The van der Waals surface area contributed by atoms with Crippen LogP contribution < -0.4 is 0 Å². The number of hydrogen-bond donors (Lipinski definition) is 4. The van der Waals surface area contributed by atoms with Crippen LogP contribution in [0.3, 0.4) is 0 Å². The first-order valence-corrected chi connectivity index (χ1v) is 26.0. The largest absolute Gasteiger partial charge is 0.457 e. The maximum atomic E-state index is 12.8. The number of rotatable bonds is 44. The van der Waals surface area contributed by atoms with Crippen molar-refractivity contribution in [2.24, 2.45) is 0 Å². The second kappa shape index (κ2) is 45.8. The van der Waals surface area contributed by atoms with Crippen LogP contribution in [-0.4, -0.2) is 89.6 Å². The Hall–Kier alpha value is -2.37. The molecule has 0 amide bonds. The molecule has 0 saturated carbocycles. The highest BCUT2D eigenvalue weighted by Crippen LogP contribution is 2.23. The van der Waals surface area contributed by atoms with Gasteiger partial charge in [-0.2, -0.15) is 0 Å². The van der Waals surface area contributed by atoms with Gasteiger partial charge in [0.15, 0.2) is 6.29 Å². The van der Waals surface area contributed by atoms with Crippen molar-refractivity contribution < 1.29 is 44.2 Å². The lowest BCUT2D eigenvalue weighted by Crippen LogP contribution is -2.59. The Balaban J connectivity index is 2.22. The van der Waals surface area contributed by atoms with Crippen LogP contribution in [0.15, 0.2) is 72.9 Å². The van der Waals surface area contributed by atoms with E-state index in [1.807, 2.05) is 0 Å². The summed E-state index contributed by atoms with van der Waals surface area (Å²) in [5, 5.41) is 40.2. The van der Waals surface area contributed by atoms with E-state index < -0.39 is 43.4 Å². The molecule has 1 heterocycles. The summed E-state index contributed by atoms with van der Waals surface area (Å²) < 4.78 is 22.8. The van der Waals surface area contributed by atoms with Crippen molar-refractivity contribution >= 4 is 5.97 Å². The van der Waals surface area contributed by atoms with Gasteiger partial charge in [0.05, 0.1) is 19.8 Å². The minimum absolute atomic E-state index is 0.119. The van der Waals surface area contributed by atoms with Gasteiger partial charge in [0, 0.05) is 13.0 Å². The summed E-state index contributed by atoms with van der Waals surface area (Å²) in [5.41, 5.74) is 0. The first-order chi connectivity index (χ1) is 31.4. The zero-order valence-electron chi connectivity index (χ0n) is 40.8. The van der Waals surface area contributed by atoms with E-state index in [1.54, 1.807) is 0 Å². The third-order valence-corrected chi connectivity index (χ3v) is 11.6. The lowest BCUT2D eigenvalue weighted by molar-refractivity contribution is -0.305. The molecule has 0 bridgehead atoms. The van der Waals surface area contributed by atoms with Gasteiger partial charge < -0.3 is 39.4 Å². The average Bonchev–Trinajstić information content (AvgIpc) is 3.30. The molecule has 6 atom stereocenters. The lowest BCUT2D eigenvalue weighted by atomic mass is 9.99. The number of hydrogen-bond acceptors (Lipinski definition) is 9. The number of ether oxygens (including phenoxy) is 4. The van der Waals surface area contributed by atoms with Crippen LogP contribution >= 0.6 is 0 Å². The van der Waals surface area contributed by atoms with E-state index in [0.717, 1.165) is 51.4 Å². The molecule has 1 aliphatic rings. The van der Waals surface area contributed by atoms with Gasteiger partial charge in [-0.3, -0.25) is 4.79 Å². The molecule has 4 N–H and O–H groups in total. The fourth-order valence-corrected chi connectivity index (χ4v) is 7.58. The molecule has 0 aliphatic carbocycles. The van der Waals surface area contributed by atoms with Crippen molar-refractivity contribution in [2.75, 3.05) is 26.4 Å². The van der Waals surface area contributed by atoms with Crippen LogP contribution in [0.1, 0.15) is 206 Å². The van der Waals surface area contributed by atoms with Crippen molar-refractivity contribution in [3.8, 4) is 0 Å². The Kier molecular flexibility index (Phi) is 42.7. The van der Waals surface area contributed by atoms with E-state index in [-0.39, 0.29) is 25.6 Å². The number of unbranched alkanes of at least 4 members (excludes halogenated alkanes) is 21. The van der Waals surface area contributed by atoms with Crippen molar-refractivity contribution in [3.05, 3.63) is 72.9 Å². The maximum absolute atomic E-state index is 12.8. The summed E-state index contributed by atoms with van der Waals surface area (Å²) in [5.74, 6) is -0.370. The smallest absolute Gasteiger partial charge is 0.306 e. The Morgan fingerprint density at radius 1 is 0.516 bits per heavy atom. The van der Waals surface area contributed by atoms with Crippen molar-refractivity contribution in [3.63, 3.8) is 0 Å². The highest BCUT2D eigenvalue weighted by molar-refractivity contribution is 5.69. The van der Waals surface area contributed by atoms with E-state index in [4.69, 9.17) is 18.9 Å². The predicted molar refractivity (Wildman–Crippen MR) is 265 cm³/mol. The van der Waals surface area contributed by atoms with E-state index in [1.165, 1.54) is 128 Å². The standard InChI is InChI=1S/C55H96O9/c1-3-5-7-9-11-13-15-17-19-21-22-23-24-25-26-27-29-31-33-35-37-39-41-43-45-61-47-49(48-62-55-54(60)53(59)52(58)50(46-56)64-55)63-51(57)44-42-40-38-36-34-32-30-28-20-18-16-14-12-10-8-6-4-2/h6,8,12,14,18,20-22,30,32,36,38,49-50,52-56,58-60H,3-5,7,9-11,13,15-17,19,23-29,31,33-35,37,39-48H2,1-2H3/b8-6-,14-12-,20-18-,22-21-,32-30-,38-36-. The fraction of sp³-hybridized carbons (Fsp3) is 0.764. The number of aliphatic hydroxyl groups is 4. The Bertz CT molecular complexity index is 1210. The molecule has 0 spiro atoms. The van der Waals surface area contributed by atoms with E-state index in [2.05, 4.69) is 86.8 Å². The minimum atomic E-state index is -1.55. The molecule has 370 valence electrons. The van der Waals surface area contributed by atoms with Crippen LogP contribution in [0.25, 0.3) is 0 Å². The summed E-state index contributed by atoms with van der Waals surface area (Å²) in [4.78, 5) is 12.8. The molecule has 1 fully saturated rings. The predicted octanol–water partition coefficient (Wildman–Crippen LogP) is 12.8. The first kappa shape index (κ1) is 59.6. The molecule has 64 heavy (non-hydrogen) atoms. The van der Waals surface area contributed by atoms with Crippen molar-refractivity contribution in [1.29, 1.82) is 0 Å². The summed E-state index contributed by atoms with van der Waals surface area (Å²) in [7, 11) is 0. The molecule has 1 saturated heterocycles. The molecular formula is C55H96O9. The molecule has 0 aromatic rings. The fourth-order valence-electron chi connectivity index (χ4n) is 7.58. The maximum Gasteiger partial charge on any atom is 0.306 e. The molecule has 9 nitrogen and oxygen atoms in total. The van der Waals surface area contributed by atoms with Gasteiger partial charge in [-0.15, -0.1) is 0 Å². The molecule has 1 rings (SSSR count). The molecule has 9 heteroatoms. The number of carbonyl (C=O) groups is 1. The van der Waals surface area contributed by atoms with E-state index >= 15 is 0 Å². The molecule has 0 aromatic carbocycles. The number of aliphatic hydroxyl groups excluding tert-OH is 4. The SMILES string of the molecule is CC/C=C\C/C=C\C/C=C\C/C=C\C/C=C\CCCC(=O)OC(COCCCCCCCCCCCCCC/C=C\CCCCCCCCCC)COC1OC(CO)C(O)C(O)C1O. The van der Waals surface area contributed by atoms with Crippen molar-refractivity contribution in [2.45, 2.75) is 243 Å². The Morgan fingerprint density at radius 2 is 0.953 bits per heavy atom. The van der Waals surface area contributed by atoms with Crippen LogP contribution in [0, 0.1) is 0 Å². The van der Waals surface area contributed by atoms with Gasteiger partial charge in [0.1, 0.15) is 30.5 Å². The Labute approximate surface area is 391 Å². The van der Waals surface area contributed by atoms with E-state index in [0.29, 0.717) is 13.0 Å². The number of esters is 1. The number of allylic oxidation sites excluding steroid dienone is 12. The summed E-state index contributed by atoms with van der Waals surface area (Å²) in [6, 6.07) is 0. The molecule has 6 unspecified atom stereocenters. The quantitative estimate of drug-likeness (QED) is 0.0268. The van der Waals surface area contributed by atoms with Gasteiger partial charge in [0.2, 0.25) is 0 Å². The second-order valence-electron chi connectivity index (χ2n) is 17.6. The highest BCUT2D eigenvalue weighted by Gasteiger charge is 2.44. The van der Waals surface area contributed by atoms with E-state index in [9.17, 15) is 25.2 Å². The van der Waals surface area contributed by atoms with Crippen LogP contribution in [0.5, 0.6) is 0 Å². The zero-order chi connectivity index (χ0) is 46.4. The first-order valence-electron chi connectivity index (χ1n) is 26.0. The molecular weight excluding hydrogens is 805 g/mol. The lowest BCUT2D eigenvalue weighted by Gasteiger charge is -2.39. The van der Waals surface area contributed by atoms with Gasteiger partial charge in [-0.25, -0.2) is 0 Å². The monoisotopic (exact) mass is 901 g/mol. The normalized spacial score (nSPS) is 20.1.